The van der Waals surface area contributed by atoms with Crippen LogP contribution in [0.15, 0.2) is 24.3 Å². The van der Waals surface area contributed by atoms with Crippen molar-refractivity contribution in [2.24, 2.45) is 5.92 Å². The van der Waals surface area contributed by atoms with Gasteiger partial charge < -0.3 is 10.2 Å². The van der Waals surface area contributed by atoms with Gasteiger partial charge in [-0.15, -0.1) is 0 Å². The summed E-state index contributed by atoms with van der Waals surface area (Å²) in [5.74, 6) is 0.849. The summed E-state index contributed by atoms with van der Waals surface area (Å²) in [4.78, 5) is 2.16. The Morgan fingerprint density at radius 2 is 2.00 bits per heavy atom. The van der Waals surface area contributed by atoms with E-state index < -0.39 is 0 Å². The maximum absolute atomic E-state index is 3.75. The van der Waals surface area contributed by atoms with Crippen LogP contribution in [0.4, 0.5) is 11.4 Å². The summed E-state index contributed by atoms with van der Waals surface area (Å²) in [6.45, 7) is 2.32. The summed E-state index contributed by atoms with van der Waals surface area (Å²) >= 11 is 0. The molecule has 1 fully saturated rings. The van der Waals surface area contributed by atoms with E-state index in [1.807, 2.05) is 0 Å². The molecule has 2 nitrogen and oxygen atoms in total. The van der Waals surface area contributed by atoms with E-state index >= 15 is 0 Å². The monoisotopic (exact) mass is 246 g/mol. The summed E-state index contributed by atoms with van der Waals surface area (Å²) in [6.07, 6.45) is 6.80. The molecule has 0 amide bonds. The lowest BCUT2D eigenvalue weighted by Gasteiger charge is -2.32. The molecule has 0 aromatic heterocycles. The Morgan fingerprint density at radius 1 is 1.22 bits per heavy atom. The van der Waals surface area contributed by atoms with E-state index in [0.29, 0.717) is 6.04 Å². The molecular formula is C16H26N2. The van der Waals surface area contributed by atoms with E-state index in [9.17, 15) is 0 Å². The van der Waals surface area contributed by atoms with Gasteiger partial charge in [0.25, 0.3) is 0 Å². The van der Waals surface area contributed by atoms with Crippen molar-refractivity contribution >= 4 is 11.4 Å². The van der Waals surface area contributed by atoms with Crippen molar-refractivity contribution in [3.8, 4) is 0 Å². The van der Waals surface area contributed by atoms with Crippen LogP contribution in [0.2, 0.25) is 0 Å². The van der Waals surface area contributed by atoms with E-state index in [2.05, 4.69) is 55.5 Å². The highest BCUT2D eigenvalue weighted by atomic mass is 15.1. The van der Waals surface area contributed by atoms with Crippen molar-refractivity contribution in [1.82, 2.24) is 0 Å². The van der Waals surface area contributed by atoms with E-state index in [1.165, 1.54) is 43.5 Å². The lowest BCUT2D eigenvalue weighted by molar-refractivity contribution is 0.317. The minimum absolute atomic E-state index is 0.668. The molecule has 0 bridgehead atoms. The number of nitrogens with one attached hydrogen (secondary N) is 1. The number of hydrogen-bond donors (Lipinski definition) is 1. The van der Waals surface area contributed by atoms with Gasteiger partial charge in [0.1, 0.15) is 0 Å². The lowest BCUT2D eigenvalue weighted by atomic mass is 9.83. The molecular weight excluding hydrogens is 220 g/mol. The minimum Gasteiger partial charge on any atom is -0.382 e. The molecule has 0 saturated heterocycles. The van der Waals surface area contributed by atoms with Crippen LogP contribution < -0.4 is 10.2 Å². The SMILES string of the molecule is CCC1CCCCC1Nc1cccc(N(C)C)c1. The van der Waals surface area contributed by atoms with Gasteiger partial charge in [-0.25, -0.2) is 0 Å². The van der Waals surface area contributed by atoms with Crippen molar-refractivity contribution in [2.75, 3.05) is 24.3 Å². The molecule has 1 saturated carbocycles. The van der Waals surface area contributed by atoms with Crippen LogP contribution in [0.5, 0.6) is 0 Å². The average Bonchev–Trinajstić information content (AvgIpc) is 2.39. The number of benzene rings is 1. The van der Waals surface area contributed by atoms with Gasteiger partial charge in [0, 0.05) is 31.5 Å². The standard InChI is InChI=1S/C16H26N2/c1-4-13-8-5-6-11-16(13)17-14-9-7-10-15(12-14)18(2)3/h7,9-10,12-13,16-17H,4-6,8,11H2,1-3H3. The number of anilines is 2. The van der Waals surface area contributed by atoms with Crippen LogP contribution in [-0.2, 0) is 0 Å². The zero-order chi connectivity index (χ0) is 13.0. The van der Waals surface area contributed by atoms with E-state index in [0.717, 1.165) is 5.92 Å². The fourth-order valence-electron chi connectivity index (χ4n) is 2.97. The van der Waals surface area contributed by atoms with Crippen LogP contribution in [-0.4, -0.2) is 20.1 Å². The van der Waals surface area contributed by atoms with Crippen LogP contribution in [0.25, 0.3) is 0 Å². The first-order chi connectivity index (χ1) is 8.70. The van der Waals surface area contributed by atoms with Crippen molar-refractivity contribution in [3.05, 3.63) is 24.3 Å². The predicted molar refractivity (Wildman–Crippen MR) is 80.4 cm³/mol. The highest BCUT2D eigenvalue weighted by molar-refractivity contribution is 5.57. The Bertz CT molecular complexity index is 373. The Kier molecular flexibility index (Phi) is 4.51. The predicted octanol–water partition coefficient (Wildman–Crippen LogP) is 4.13. The van der Waals surface area contributed by atoms with Crippen molar-refractivity contribution < 1.29 is 0 Å². The van der Waals surface area contributed by atoms with Gasteiger partial charge in [-0.05, 0) is 37.0 Å². The molecule has 2 heteroatoms. The zero-order valence-corrected chi connectivity index (χ0v) is 11.9. The Balaban J connectivity index is 2.05. The van der Waals surface area contributed by atoms with Gasteiger partial charge in [0.15, 0.2) is 0 Å². The van der Waals surface area contributed by atoms with E-state index in [-0.39, 0.29) is 0 Å². The smallest absolute Gasteiger partial charge is 0.0381 e. The van der Waals surface area contributed by atoms with Crippen LogP contribution >= 0.6 is 0 Å². The molecule has 0 spiro atoms. The Morgan fingerprint density at radius 3 is 2.72 bits per heavy atom. The summed E-state index contributed by atoms with van der Waals surface area (Å²) in [6, 6.07) is 9.40. The Hall–Kier alpha value is -1.18. The first kappa shape index (κ1) is 13.3. The Labute approximate surface area is 111 Å². The maximum Gasteiger partial charge on any atom is 0.0381 e. The van der Waals surface area contributed by atoms with E-state index in [1.54, 1.807) is 0 Å². The molecule has 18 heavy (non-hydrogen) atoms. The lowest BCUT2D eigenvalue weighted by Crippen LogP contribution is -2.31. The zero-order valence-electron chi connectivity index (χ0n) is 11.9. The molecule has 1 aromatic carbocycles. The minimum atomic E-state index is 0.668. The molecule has 100 valence electrons. The third kappa shape index (κ3) is 3.18. The number of nitrogens with zero attached hydrogens (tertiary/aromatic N) is 1. The molecule has 1 aliphatic carbocycles. The van der Waals surface area contributed by atoms with Crippen molar-refractivity contribution in [1.29, 1.82) is 0 Å². The third-order valence-corrected chi connectivity index (χ3v) is 4.15. The number of rotatable bonds is 4. The maximum atomic E-state index is 3.75. The third-order valence-electron chi connectivity index (χ3n) is 4.15. The molecule has 2 rings (SSSR count). The summed E-state index contributed by atoms with van der Waals surface area (Å²) in [5, 5.41) is 3.75. The van der Waals surface area contributed by atoms with Crippen molar-refractivity contribution in [2.45, 2.75) is 45.1 Å². The van der Waals surface area contributed by atoms with Gasteiger partial charge >= 0.3 is 0 Å². The second-order valence-corrected chi connectivity index (χ2v) is 5.65. The van der Waals surface area contributed by atoms with Gasteiger partial charge in [0.2, 0.25) is 0 Å². The molecule has 1 aliphatic rings. The summed E-state index contributed by atoms with van der Waals surface area (Å²) in [7, 11) is 4.18. The normalized spacial score (nSPS) is 23.7. The quantitative estimate of drug-likeness (QED) is 0.859. The van der Waals surface area contributed by atoms with Crippen molar-refractivity contribution in [3.63, 3.8) is 0 Å². The summed E-state index contributed by atoms with van der Waals surface area (Å²) < 4.78 is 0. The average molecular weight is 246 g/mol. The molecule has 1 N–H and O–H groups in total. The fourth-order valence-corrected chi connectivity index (χ4v) is 2.97. The van der Waals surface area contributed by atoms with E-state index in [4.69, 9.17) is 0 Å². The molecule has 0 heterocycles. The highest BCUT2D eigenvalue weighted by Crippen LogP contribution is 2.30. The molecule has 1 aromatic rings. The second-order valence-electron chi connectivity index (χ2n) is 5.65. The van der Waals surface area contributed by atoms with Gasteiger partial charge in [-0.2, -0.15) is 0 Å². The van der Waals surface area contributed by atoms with Crippen LogP contribution in [0.3, 0.4) is 0 Å². The topological polar surface area (TPSA) is 15.3 Å². The van der Waals surface area contributed by atoms with Crippen LogP contribution in [0, 0.1) is 5.92 Å². The molecule has 2 unspecified atom stereocenters. The largest absolute Gasteiger partial charge is 0.382 e. The summed E-state index contributed by atoms with van der Waals surface area (Å²) in [5.41, 5.74) is 2.54. The second kappa shape index (κ2) is 6.12. The molecule has 0 aliphatic heterocycles. The number of hydrogen-bond acceptors (Lipinski definition) is 2. The molecule has 0 radical (unpaired) electrons. The van der Waals surface area contributed by atoms with Gasteiger partial charge in [0.05, 0.1) is 0 Å². The van der Waals surface area contributed by atoms with Gasteiger partial charge in [-0.1, -0.05) is 32.3 Å². The first-order valence-electron chi connectivity index (χ1n) is 7.24. The first-order valence-corrected chi connectivity index (χ1v) is 7.24. The fraction of sp³-hybridized carbons (Fsp3) is 0.625. The molecule has 2 atom stereocenters. The highest BCUT2D eigenvalue weighted by Gasteiger charge is 2.23. The van der Waals surface area contributed by atoms with Crippen LogP contribution in [0.1, 0.15) is 39.0 Å². The van der Waals surface area contributed by atoms with Gasteiger partial charge in [-0.3, -0.25) is 0 Å².